The number of rotatable bonds is 4. The third kappa shape index (κ3) is 3.24. The minimum absolute atomic E-state index is 0.110. The lowest BCUT2D eigenvalue weighted by Gasteiger charge is -2.43. The van der Waals surface area contributed by atoms with Crippen molar-refractivity contribution in [2.45, 2.75) is 29.5 Å². The molecule has 1 aromatic heterocycles. The van der Waals surface area contributed by atoms with Gasteiger partial charge in [0.15, 0.2) is 3.95 Å². The zero-order valence-corrected chi connectivity index (χ0v) is 21.7. The summed E-state index contributed by atoms with van der Waals surface area (Å²) < 4.78 is 6.79. The molecule has 7 unspecified atom stereocenters. The van der Waals surface area contributed by atoms with E-state index in [4.69, 9.17) is 17.0 Å². The number of carbonyl (C=O) groups is 3. The maximum absolute atomic E-state index is 13.4. The average Bonchev–Trinajstić information content (AvgIpc) is 3.50. The first-order valence-corrected chi connectivity index (χ1v) is 13.9. The van der Waals surface area contributed by atoms with Crippen LogP contribution in [0.5, 0.6) is 0 Å². The van der Waals surface area contributed by atoms with Crippen LogP contribution >= 0.6 is 51.2 Å². The molecule has 1 saturated heterocycles. The summed E-state index contributed by atoms with van der Waals surface area (Å²) in [6.07, 6.45) is 0.880. The van der Waals surface area contributed by atoms with Crippen LogP contribution in [0.1, 0.15) is 29.7 Å². The normalized spacial score (nSPS) is 33.8. The highest BCUT2D eigenvalue weighted by Gasteiger charge is 2.69. The Kier molecular flexibility index (Phi) is 5.36. The fraction of sp³-hybridized carbons (Fsp3) is 0.478. The molecule has 2 bridgehead atoms. The van der Waals surface area contributed by atoms with Crippen LogP contribution < -0.4 is 0 Å². The SMILES string of the molecule is CCOC(=O)CN1C(=O)C2C3CC(C2C1=O)C1C(c2ccc(Br)cc2)c2sc(=S)[nH]c2SC31. The molecule has 2 aliphatic heterocycles. The Morgan fingerprint density at radius 2 is 1.91 bits per heavy atom. The molecule has 0 spiro atoms. The first-order chi connectivity index (χ1) is 15.9. The van der Waals surface area contributed by atoms with Crippen molar-refractivity contribution in [1.29, 1.82) is 0 Å². The van der Waals surface area contributed by atoms with Gasteiger partial charge < -0.3 is 9.72 Å². The summed E-state index contributed by atoms with van der Waals surface area (Å²) in [5, 5.41) is 1.33. The number of nitrogens with one attached hydrogen (secondary N) is 1. The lowest BCUT2D eigenvalue weighted by atomic mass is 9.68. The largest absolute Gasteiger partial charge is 0.465 e. The predicted molar refractivity (Wildman–Crippen MR) is 131 cm³/mol. The molecule has 172 valence electrons. The van der Waals surface area contributed by atoms with Crippen LogP contribution in [-0.4, -0.2) is 46.1 Å². The molecular weight excluding hydrogens is 544 g/mol. The fourth-order valence-electron chi connectivity index (χ4n) is 6.61. The van der Waals surface area contributed by atoms with Crippen molar-refractivity contribution >= 4 is 69.0 Å². The molecule has 33 heavy (non-hydrogen) atoms. The van der Waals surface area contributed by atoms with Gasteiger partial charge in [0.05, 0.1) is 23.5 Å². The second-order valence-corrected chi connectivity index (χ2v) is 12.9. The van der Waals surface area contributed by atoms with E-state index in [1.165, 1.54) is 10.4 Å². The number of thiazole rings is 1. The maximum atomic E-state index is 13.4. The number of fused-ring (bicyclic) bond motifs is 9. The Labute approximate surface area is 212 Å². The molecule has 6 rings (SSSR count). The topological polar surface area (TPSA) is 79.5 Å². The lowest BCUT2D eigenvalue weighted by Crippen LogP contribution is -2.42. The molecule has 4 aliphatic rings. The number of H-pyrrole nitrogens is 1. The van der Waals surface area contributed by atoms with E-state index in [9.17, 15) is 14.4 Å². The number of benzene rings is 1. The van der Waals surface area contributed by atoms with E-state index >= 15 is 0 Å². The van der Waals surface area contributed by atoms with E-state index in [-0.39, 0.29) is 65.7 Å². The quantitative estimate of drug-likeness (QED) is 0.332. The molecule has 3 fully saturated rings. The molecule has 1 N–H and O–H groups in total. The van der Waals surface area contributed by atoms with Crippen LogP contribution in [-0.2, 0) is 19.1 Å². The Bertz CT molecular complexity index is 1230. The number of aromatic amines is 1. The number of thioether (sulfide) groups is 1. The summed E-state index contributed by atoms with van der Waals surface area (Å²) >= 11 is 12.4. The summed E-state index contributed by atoms with van der Waals surface area (Å²) in [6, 6.07) is 8.40. The van der Waals surface area contributed by atoms with Crippen molar-refractivity contribution in [2.75, 3.05) is 13.2 Å². The lowest BCUT2D eigenvalue weighted by molar-refractivity contribution is -0.153. The van der Waals surface area contributed by atoms with E-state index < -0.39 is 5.97 Å². The number of ether oxygens (including phenoxy) is 1. The summed E-state index contributed by atoms with van der Waals surface area (Å²) in [5.74, 6) is -0.994. The second kappa shape index (κ2) is 8.03. The van der Waals surface area contributed by atoms with Crippen LogP contribution in [0.3, 0.4) is 0 Å². The number of amides is 2. The Balaban J connectivity index is 1.39. The van der Waals surface area contributed by atoms with Gasteiger partial charge in [-0.1, -0.05) is 28.1 Å². The van der Waals surface area contributed by atoms with Gasteiger partial charge in [-0.05, 0) is 61.0 Å². The van der Waals surface area contributed by atoms with Crippen molar-refractivity contribution in [2.24, 2.45) is 29.6 Å². The molecular formula is C23H21BrN2O4S3. The molecule has 2 aliphatic carbocycles. The number of nitrogens with zero attached hydrogens (tertiary/aromatic N) is 1. The number of imide groups is 1. The molecule has 10 heteroatoms. The highest BCUT2D eigenvalue weighted by atomic mass is 79.9. The smallest absolute Gasteiger partial charge is 0.326 e. The highest BCUT2D eigenvalue weighted by molar-refractivity contribution is 9.10. The van der Waals surface area contributed by atoms with E-state index in [1.54, 1.807) is 30.0 Å². The number of likely N-dealkylation sites (tertiary alicyclic amines) is 1. The van der Waals surface area contributed by atoms with E-state index in [2.05, 4.69) is 45.2 Å². The zero-order valence-electron chi connectivity index (χ0n) is 17.7. The van der Waals surface area contributed by atoms with Crippen molar-refractivity contribution in [3.8, 4) is 0 Å². The third-order valence-corrected chi connectivity index (χ3v) is 11.1. The summed E-state index contributed by atoms with van der Waals surface area (Å²) in [4.78, 5) is 44.5. The van der Waals surface area contributed by atoms with Crippen LogP contribution in [0.2, 0.25) is 0 Å². The number of halogens is 1. The van der Waals surface area contributed by atoms with Crippen LogP contribution in [0.4, 0.5) is 0 Å². The van der Waals surface area contributed by atoms with Gasteiger partial charge in [0.1, 0.15) is 6.54 Å². The minimum atomic E-state index is -0.527. The van der Waals surface area contributed by atoms with E-state index in [1.807, 2.05) is 0 Å². The van der Waals surface area contributed by atoms with Gasteiger partial charge in [-0.2, -0.15) is 0 Å². The summed E-state index contributed by atoms with van der Waals surface area (Å²) in [7, 11) is 0. The van der Waals surface area contributed by atoms with Crippen molar-refractivity contribution in [3.05, 3.63) is 43.1 Å². The van der Waals surface area contributed by atoms with Gasteiger partial charge in [-0.3, -0.25) is 19.3 Å². The van der Waals surface area contributed by atoms with Crippen molar-refractivity contribution in [3.63, 3.8) is 0 Å². The van der Waals surface area contributed by atoms with Gasteiger partial charge in [-0.15, -0.1) is 23.1 Å². The van der Waals surface area contributed by atoms with Gasteiger partial charge in [0, 0.05) is 20.5 Å². The predicted octanol–water partition coefficient (Wildman–Crippen LogP) is 4.60. The Morgan fingerprint density at radius 1 is 1.21 bits per heavy atom. The summed E-state index contributed by atoms with van der Waals surface area (Å²) in [6.45, 7) is 1.66. The first-order valence-electron chi connectivity index (χ1n) is 11.0. The van der Waals surface area contributed by atoms with Gasteiger partial charge in [-0.25, -0.2) is 0 Å². The molecule has 2 saturated carbocycles. The van der Waals surface area contributed by atoms with Crippen LogP contribution in [0, 0.1) is 33.5 Å². The number of hydrogen-bond acceptors (Lipinski definition) is 7. The number of esters is 1. The zero-order chi connectivity index (χ0) is 23.0. The Hall–Kier alpha value is -1.49. The number of hydrogen-bond donors (Lipinski definition) is 1. The summed E-state index contributed by atoms with van der Waals surface area (Å²) in [5.41, 5.74) is 1.21. The molecule has 2 amide bonds. The van der Waals surface area contributed by atoms with Gasteiger partial charge >= 0.3 is 5.97 Å². The van der Waals surface area contributed by atoms with Crippen LogP contribution in [0.15, 0.2) is 33.8 Å². The molecule has 2 aromatic rings. The van der Waals surface area contributed by atoms with Crippen molar-refractivity contribution in [1.82, 2.24) is 9.88 Å². The van der Waals surface area contributed by atoms with E-state index in [0.717, 1.165) is 24.8 Å². The fourth-order valence-corrected chi connectivity index (χ4v) is 10.2. The standard InChI is InChI=1S/C23H21BrN2O4S3/c1-2-30-13(27)8-26-21(28)16-11-7-12(17(16)22(26)29)18-15(11)14(9-3-5-10(24)6-4-9)19-20(32-18)25-23(31)33-19/h3-6,11-12,14-18H,2,7-8H2,1H3,(H,25,31). The van der Waals surface area contributed by atoms with Gasteiger partial charge in [0.25, 0.3) is 0 Å². The molecule has 0 radical (unpaired) electrons. The third-order valence-electron chi connectivity index (χ3n) is 7.64. The highest BCUT2D eigenvalue weighted by Crippen LogP contribution is 2.68. The first kappa shape index (κ1) is 22.0. The maximum Gasteiger partial charge on any atom is 0.326 e. The monoisotopic (exact) mass is 564 g/mol. The van der Waals surface area contributed by atoms with E-state index in [0.29, 0.717) is 0 Å². The van der Waals surface area contributed by atoms with Gasteiger partial charge in [0.2, 0.25) is 11.8 Å². The van der Waals surface area contributed by atoms with Crippen LogP contribution in [0.25, 0.3) is 0 Å². The molecule has 7 atom stereocenters. The van der Waals surface area contributed by atoms with Crippen molar-refractivity contribution < 1.29 is 19.1 Å². The molecule has 1 aromatic carbocycles. The second-order valence-electron chi connectivity index (χ2n) is 9.08. The molecule has 3 heterocycles. The number of aromatic nitrogens is 1. The Morgan fingerprint density at radius 3 is 2.61 bits per heavy atom. The number of carbonyl (C=O) groups excluding carboxylic acids is 3. The minimum Gasteiger partial charge on any atom is -0.465 e. The average molecular weight is 566 g/mol. The molecule has 6 nitrogen and oxygen atoms in total.